The highest BCUT2D eigenvalue weighted by molar-refractivity contribution is 9.10. The number of hydrogen-bond donors (Lipinski definition) is 1. The van der Waals surface area contributed by atoms with Crippen LogP contribution in [-0.4, -0.2) is 43.6 Å². The quantitative estimate of drug-likeness (QED) is 0.826. The predicted octanol–water partition coefficient (Wildman–Crippen LogP) is 2.29. The molecule has 0 aliphatic carbocycles. The number of carbonyl (C=O) groups is 1. The zero-order valence-corrected chi connectivity index (χ0v) is 13.6. The molecule has 4 nitrogen and oxygen atoms in total. The number of para-hydroxylation sites is 1. The van der Waals surface area contributed by atoms with Gasteiger partial charge in [-0.15, -0.1) is 0 Å². The lowest BCUT2D eigenvalue weighted by molar-refractivity contribution is -0.130. The van der Waals surface area contributed by atoms with Crippen LogP contribution in [0.1, 0.15) is 12.8 Å². The minimum atomic E-state index is 0.278. The first-order valence-corrected chi connectivity index (χ1v) is 8.39. The molecule has 2 fully saturated rings. The first-order chi connectivity index (χ1) is 10.2. The summed E-state index contributed by atoms with van der Waals surface area (Å²) in [6.07, 6.45) is 1.35. The number of nitrogens with zero attached hydrogens (tertiary/aromatic N) is 1. The first kappa shape index (κ1) is 14.9. The SMILES string of the molecule is O=C(CCCOc1ccccc1Br)N1C[C@H]2CNC[C@H]2C1. The van der Waals surface area contributed by atoms with Crippen LogP contribution in [-0.2, 0) is 4.79 Å². The van der Waals surface area contributed by atoms with Gasteiger partial charge < -0.3 is 15.0 Å². The van der Waals surface area contributed by atoms with Crippen molar-refractivity contribution in [2.24, 2.45) is 11.8 Å². The van der Waals surface area contributed by atoms with Crippen LogP contribution in [0.3, 0.4) is 0 Å². The second-order valence-electron chi connectivity index (χ2n) is 5.86. The summed E-state index contributed by atoms with van der Waals surface area (Å²) in [4.78, 5) is 14.2. The molecule has 2 heterocycles. The Hall–Kier alpha value is -1.07. The Morgan fingerprint density at radius 1 is 1.29 bits per heavy atom. The lowest BCUT2D eigenvalue weighted by atomic mass is 10.0. The fraction of sp³-hybridized carbons (Fsp3) is 0.562. The Bertz CT molecular complexity index is 497. The van der Waals surface area contributed by atoms with Crippen LogP contribution in [0.2, 0.25) is 0 Å². The number of likely N-dealkylation sites (tertiary alicyclic amines) is 1. The van der Waals surface area contributed by atoms with Crippen molar-refractivity contribution in [1.29, 1.82) is 0 Å². The molecular weight excluding hydrogens is 332 g/mol. The third-order valence-electron chi connectivity index (χ3n) is 4.37. The highest BCUT2D eigenvalue weighted by Gasteiger charge is 2.37. The molecule has 0 radical (unpaired) electrons. The molecule has 1 N–H and O–H groups in total. The first-order valence-electron chi connectivity index (χ1n) is 7.60. The third-order valence-corrected chi connectivity index (χ3v) is 5.03. The van der Waals surface area contributed by atoms with Gasteiger partial charge in [0.05, 0.1) is 11.1 Å². The van der Waals surface area contributed by atoms with E-state index in [-0.39, 0.29) is 5.91 Å². The summed E-state index contributed by atoms with van der Waals surface area (Å²) < 4.78 is 6.65. The number of nitrogens with one attached hydrogen (secondary N) is 1. The topological polar surface area (TPSA) is 41.6 Å². The minimum absolute atomic E-state index is 0.278. The van der Waals surface area contributed by atoms with E-state index in [1.807, 2.05) is 29.2 Å². The highest BCUT2D eigenvalue weighted by atomic mass is 79.9. The van der Waals surface area contributed by atoms with Crippen molar-refractivity contribution in [2.75, 3.05) is 32.8 Å². The summed E-state index contributed by atoms with van der Waals surface area (Å²) in [5, 5.41) is 3.40. The molecule has 0 aromatic heterocycles. The zero-order chi connectivity index (χ0) is 14.7. The number of benzene rings is 1. The average molecular weight is 353 g/mol. The maximum absolute atomic E-state index is 12.2. The van der Waals surface area contributed by atoms with Gasteiger partial charge in [0.25, 0.3) is 0 Å². The molecule has 1 aromatic carbocycles. The molecule has 1 amide bonds. The fourth-order valence-corrected chi connectivity index (χ4v) is 3.58. The number of rotatable bonds is 5. The highest BCUT2D eigenvalue weighted by Crippen LogP contribution is 2.27. The van der Waals surface area contributed by atoms with E-state index in [0.717, 1.165) is 42.8 Å². The van der Waals surface area contributed by atoms with Crippen molar-refractivity contribution in [3.05, 3.63) is 28.7 Å². The standard InChI is InChI=1S/C16H21BrN2O2/c17-14-4-1-2-5-15(14)21-7-3-6-16(20)19-10-12-8-18-9-13(12)11-19/h1-2,4-5,12-13,18H,3,6-11H2/t12-,13+. The largest absolute Gasteiger partial charge is 0.492 e. The number of carbonyl (C=O) groups excluding carboxylic acids is 1. The van der Waals surface area contributed by atoms with Gasteiger partial charge in [0.15, 0.2) is 0 Å². The molecule has 21 heavy (non-hydrogen) atoms. The van der Waals surface area contributed by atoms with Gasteiger partial charge in [-0.05, 0) is 46.3 Å². The van der Waals surface area contributed by atoms with Gasteiger partial charge >= 0.3 is 0 Å². The summed E-state index contributed by atoms with van der Waals surface area (Å²) >= 11 is 3.45. The van der Waals surface area contributed by atoms with Crippen LogP contribution in [0, 0.1) is 11.8 Å². The van der Waals surface area contributed by atoms with Crippen LogP contribution in [0.5, 0.6) is 5.75 Å². The minimum Gasteiger partial charge on any atom is -0.492 e. The maximum Gasteiger partial charge on any atom is 0.222 e. The molecule has 2 aliphatic rings. The van der Waals surface area contributed by atoms with E-state index in [9.17, 15) is 4.79 Å². The molecule has 2 aliphatic heterocycles. The second kappa shape index (κ2) is 6.79. The van der Waals surface area contributed by atoms with Crippen LogP contribution in [0.25, 0.3) is 0 Å². The van der Waals surface area contributed by atoms with E-state index in [1.165, 1.54) is 0 Å². The molecule has 2 atom stereocenters. The smallest absolute Gasteiger partial charge is 0.222 e. The molecule has 0 bridgehead atoms. The summed E-state index contributed by atoms with van der Waals surface area (Å²) in [6, 6.07) is 7.79. The summed E-state index contributed by atoms with van der Waals surface area (Å²) in [6.45, 7) is 4.58. The van der Waals surface area contributed by atoms with Gasteiger partial charge in [-0.1, -0.05) is 12.1 Å². The summed E-state index contributed by atoms with van der Waals surface area (Å²) in [5.74, 6) is 2.46. The Balaban J connectivity index is 1.38. The molecule has 1 aromatic rings. The van der Waals surface area contributed by atoms with Gasteiger partial charge in [0.1, 0.15) is 5.75 Å². The van der Waals surface area contributed by atoms with E-state index < -0.39 is 0 Å². The number of halogens is 1. The molecular formula is C16H21BrN2O2. The van der Waals surface area contributed by atoms with Gasteiger partial charge in [-0.25, -0.2) is 0 Å². The maximum atomic E-state index is 12.2. The summed E-state index contributed by atoms with van der Waals surface area (Å²) in [7, 11) is 0. The van der Waals surface area contributed by atoms with E-state index in [0.29, 0.717) is 24.9 Å². The fourth-order valence-electron chi connectivity index (χ4n) is 3.18. The van der Waals surface area contributed by atoms with Crippen LogP contribution >= 0.6 is 15.9 Å². The van der Waals surface area contributed by atoms with Crippen molar-refractivity contribution in [2.45, 2.75) is 12.8 Å². The van der Waals surface area contributed by atoms with E-state index in [1.54, 1.807) is 0 Å². The van der Waals surface area contributed by atoms with Gasteiger partial charge in [-0.2, -0.15) is 0 Å². The second-order valence-corrected chi connectivity index (χ2v) is 6.71. The normalized spacial score (nSPS) is 24.1. The molecule has 5 heteroatoms. The summed E-state index contributed by atoms with van der Waals surface area (Å²) in [5.41, 5.74) is 0. The monoisotopic (exact) mass is 352 g/mol. The van der Waals surface area contributed by atoms with Gasteiger partial charge in [-0.3, -0.25) is 4.79 Å². The lowest BCUT2D eigenvalue weighted by Crippen LogP contribution is -2.31. The Morgan fingerprint density at radius 3 is 2.71 bits per heavy atom. The Morgan fingerprint density at radius 2 is 2.00 bits per heavy atom. The van der Waals surface area contributed by atoms with E-state index >= 15 is 0 Å². The number of ether oxygens (including phenoxy) is 1. The number of hydrogen-bond acceptors (Lipinski definition) is 3. The van der Waals surface area contributed by atoms with Gasteiger partial charge in [0, 0.05) is 32.6 Å². The predicted molar refractivity (Wildman–Crippen MR) is 85.3 cm³/mol. The van der Waals surface area contributed by atoms with Gasteiger partial charge in [0.2, 0.25) is 5.91 Å². The third kappa shape index (κ3) is 3.58. The van der Waals surface area contributed by atoms with Crippen molar-refractivity contribution < 1.29 is 9.53 Å². The molecule has 0 saturated carbocycles. The number of amides is 1. The van der Waals surface area contributed by atoms with Crippen molar-refractivity contribution in [3.8, 4) is 5.75 Å². The molecule has 2 saturated heterocycles. The van der Waals surface area contributed by atoms with Crippen LogP contribution in [0.4, 0.5) is 0 Å². The molecule has 0 unspecified atom stereocenters. The van der Waals surface area contributed by atoms with Crippen molar-refractivity contribution in [1.82, 2.24) is 10.2 Å². The van der Waals surface area contributed by atoms with E-state index in [4.69, 9.17) is 4.74 Å². The average Bonchev–Trinajstić information content (AvgIpc) is 3.06. The molecule has 3 rings (SSSR count). The van der Waals surface area contributed by atoms with Crippen molar-refractivity contribution >= 4 is 21.8 Å². The molecule has 0 spiro atoms. The van der Waals surface area contributed by atoms with Crippen LogP contribution < -0.4 is 10.1 Å². The van der Waals surface area contributed by atoms with Crippen molar-refractivity contribution in [3.63, 3.8) is 0 Å². The Labute approximate surface area is 134 Å². The lowest BCUT2D eigenvalue weighted by Gasteiger charge is -2.17. The van der Waals surface area contributed by atoms with Crippen LogP contribution in [0.15, 0.2) is 28.7 Å². The number of fused-ring (bicyclic) bond motifs is 1. The zero-order valence-electron chi connectivity index (χ0n) is 12.1. The van der Waals surface area contributed by atoms with E-state index in [2.05, 4.69) is 21.2 Å². The Kier molecular flexibility index (Phi) is 4.80. The molecule has 114 valence electrons.